The van der Waals surface area contributed by atoms with Crippen LogP contribution in [0.1, 0.15) is 37.2 Å². The molecule has 0 spiro atoms. The maximum Gasteiger partial charge on any atom is 0.0462 e. The summed E-state index contributed by atoms with van der Waals surface area (Å²) in [6, 6.07) is 63.0. The van der Waals surface area contributed by atoms with Gasteiger partial charge >= 0.3 is 0 Å². The minimum absolute atomic E-state index is 0.728. The Labute approximate surface area is 294 Å². The monoisotopic (exact) mass is 641 g/mol. The van der Waals surface area contributed by atoms with E-state index in [2.05, 4.69) is 175 Å². The van der Waals surface area contributed by atoms with E-state index in [0.717, 1.165) is 29.1 Å². The van der Waals surface area contributed by atoms with Gasteiger partial charge in [-0.25, -0.2) is 0 Å². The van der Waals surface area contributed by atoms with Crippen LogP contribution in [0.25, 0.3) is 54.6 Å². The van der Waals surface area contributed by atoms with Gasteiger partial charge in [0, 0.05) is 17.1 Å². The molecule has 0 saturated heterocycles. The summed E-state index contributed by atoms with van der Waals surface area (Å²) in [5.41, 5.74) is 10.1. The highest BCUT2D eigenvalue weighted by atomic mass is 15.1. The molecule has 1 nitrogen and oxygen atoms in total. The summed E-state index contributed by atoms with van der Waals surface area (Å²) in [5.74, 6) is 2.55. The average Bonchev–Trinajstić information content (AvgIpc) is 3.83. The Hall–Kier alpha value is -5.66. The van der Waals surface area contributed by atoms with Gasteiger partial charge in [-0.15, -0.1) is 0 Å². The molecular formula is C49H39N. The third-order valence-electron chi connectivity index (χ3n) is 11.7. The molecule has 50 heavy (non-hydrogen) atoms. The van der Waals surface area contributed by atoms with E-state index in [-0.39, 0.29) is 0 Å². The second-order valence-corrected chi connectivity index (χ2v) is 14.5. The van der Waals surface area contributed by atoms with Crippen LogP contribution in [0.4, 0.5) is 17.1 Å². The summed E-state index contributed by atoms with van der Waals surface area (Å²) in [4.78, 5) is 2.42. The Morgan fingerprint density at radius 1 is 0.420 bits per heavy atom. The molecule has 0 N–H and O–H groups in total. The van der Waals surface area contributed by atoms with Crippen molar-refractivity contribution in [2.75, 3.05) is 4.90 Å². The number of anilines is 3. The summed E-state index contributed by atoms with van der Waals surface area (Å²) in [7, 11) is 0. The van der Waals surface area contributed by atoms with Crippen LogP contribution in [0.3, 0.4) is 0 Å². The maximum absolute atomic E-state index is 2.42. The smallest absolute Gasteiger partial charge is 0.0462 e. The lowest BCUT2D eigenvalue weighted by Gasteiger charge is -2.27. The van der Waals surface area contributed by atoms with Crippen molar-refractivity contribution in [3.63, 3.8) is 0 Å². The van der Waals surface area contributed by atoms with Crippen molar-refractivity contribution in [1.82, 2.24) is 0 Å². The fourth-order valence-corrected chi connectivity index (χ4v) is 9.34. The topological polar surface area (TPSA) is 3.24 Å². The van der Waals surface area contributed by atoms with Gasteiger partial charge in [0.1, 0.15) is 0 Å². The molecule has 0 aromatic heterocycles. The second kappa shape index (κ2) is 12.0. The normalized spacial score (nSPS) is 18.3. The van der Waals surface area contributed by atoms with Gasteiger partial charge in [0.05, 0.1) is 0 Å². The minimum Gasteiger partial charge on any atom is -0.311 e. The average molecular weight is 642 g/mol. The first-order valence-electron chi connectivity index (χ1n) is 18.3. The molecule has 8 aromatic rings. The molecule has 2 saturated carbocycles. The first-order valence-corrected chi connectivity index (χ1v) is 18.3. The lowest BCUT2D eigenvalue weighted by molar-refractivity contribution is 0.420. The zero-order chi connectivity index (χ0) is 33.0. The maximum atomic E-state index is 2.42. The Morgan fingerprint density at radius 2 is 0.960 bits per heavy atom. The number of hydrogen-bond acceptors (Lipinski definition) is 1. The van der Waals surface area contributed by atoms with Gasteiger partial charge in [0.2, 0.25) is 0 Å². The lowest BCUT2D eigenvalue weighted by Crippen LogP contribution is -2.11. The van der Waals surface area contributed by atoms with Crippen LogP contribution in [0.2, 0.25) is 0 Å². The van der Waals surface area contributed by atoms with E-state index >= 15 is 0 Å². The van der Waals surface area contributed by atoms with Crippen molar-refractivity contribution < 1.29 is 0 Å². The molecule has 2 aliphatic rings. The molecule has 0 amide bonds. The van der Waals surface area contributed by atoms with E-state index in [1.807, 2.05) is 0 Å². The van der Waals surface area contributed by atoms with Gasteiger partial charge < -0.3 is 4.90 Å². The lowest BCUT2D eigenvalue weighted by atomic mass is 9.83. The van der Waals surface area contributed by atoms with E-state index in [1.54, 1.807) is 0 Å². The van der Waals surface area contributed by atoms with E-state index in [4.69, 9.17) is 0 Å². The first kappa shape index (κ1) is 29.3. The van der Waals surface area contributed by atoms with Crippen LogP contribution in [0, 0.1) is 11.8 Å². The highest BCUT2D eigenvalue weighted by Gasteiger charge is 2.40. The van der Waals surface area contributed by atoms with Crippen molar-refractivity contribution >= 4 is 49.4 Å². The molecule has 8 aromatic carbocycles. The molecule has 0 aliphatic heterocycles. The molecule has 2 aliphatic carbocycles. The van der Waals surface area contributed by atoms with Gasteiger partial charge in [-0.05, 0) is 140 Å². The quantitative estimate of drug-likeness (QED) is 0.163. The number of hydrogen-bond donors (Lipinski definition) is 0. The van der Waals surface area contributed by atoms with E-state index < -0.39 is 0 Å². The van der Waals surface area contributed by atoms with Crippen molar-refractivity contribution in [3.05, 3.63) is 175 Å². The van der Waals surface area contributed by atoms with Gasteiger partial charge in [-0.2, -0.15) is 0 Å². The first-order chi connectivity index (χ1) is 24.8. The van der Waals surface area contributed by atoms with Crippen molar-refractivity contribution in [2.24, 2.45) is 11.8 Å². The summed E-state index contributed by atoms with van der Waals surface area (Å²) < 4.78 is 0. The summed E-state index contributed by atoms with van der Waals surface area (Å²) >= 11 is 0. The summed E-state index contributed by atoms with van der Waals surface area (Å²) in [5, 5.41) is 7.67. The number of nitrogens with zero attached hydrogens (tertiary/aromatic N) is 1. The van der Waals surface area contributed by atoms with Gasteiger partial charge in [0.15, 0.2) is 0 Å². The van der Waals surface area contributed by atoms with Crippen LogP contribution in [-0.4, -0.2) is 0 Å². The third-order valence-corrected chi connectivity index (χ3v) is 11.7. The molecule has 3 atom stereocenters. The molecule has 240 valence electrons. The van der Waals surface area contributed by atoms with Gasteiger partial charge in [-0.1, -0.05) is 134 Å². The molecule has 2 bridgehead atoms. The number of rotatable bonds is 6. The van der Waals surface area contributed by atoms with E-state index in [1.165, 1.54) is 91.5 Å². The summed E-state index contributed by atoms with van der Waals surface area (Å²) in [6.07, 6.45) is 5.64. The molecular weight excluding hydrogens is 603 g/mol. The van der Waals surface area contributed by atoms with Gasteiger partial charge in [0.25, 0.3) is 0 Å². The Balaban J connectivity index is 1.06. The second-order valence-electron chi connectivity index (χ2n) is 14.5. The fourth-order valence-electron chi connectivity index (χ4n) is 9.34. The Kier molecular flexibility index (Phi) is 7.05. The molecule has 1 heteroatoms. The van der Waals surface area contributed by atoms with E-state index in [0.29, 0.717) is 0 Å². The minimum atomic E-state index is 0.728. The predicted octanol–water partition coefficient (Wildman–Crippen LogP) is 13.9. The van der Waals surface area contributed by atoms with Crippen molar-refractivity contribution in [3.8, 4) is 22.3 Å². The largest absolute Gasteiger partial charge is 0.311 e. The standard InChI is InChI=1S/C49H39N/c1-4-12-44-34(8-1)11-7-15-45(44)35-18-24-41(25-19-35)50(42-26-20-36(21-27-42)48-31-33-16-17-40(48)30-33)43-28-22-37(23-29-43)49-46-13-5-2-9-38(46)32-39-10-3-6-14-47(39)49/h1-15,18-29,32-33,40,48H,16-17,30-31H2. The third kappa shape index (κ3) is 5.00. The number of fused-ring (bicyclic) bond motifs is 5. The SMILES string of the molecule is c1ccc2c(-c3ccc(N(c4ccc(-c5c6ccccc6cc6ccccc56)cc4)c4ccc(C5CC6CCC5C6)cc4)cc3)cccc2c1. The highest BCUT2D eigenvalue weighted by Crippen LogP contribution is 2.53. The van der Waals surface area contributed by atoms with Crippen LogP contribution in [0.5, 0.6) is 0 Å². The molecule has 10 rings (SSSR count). The van der Waals surface area contributed by atoms with Gasteiger partial charge in [-0.3, -0.25) is 0 Å². The molecule has 0 heterocycles. The van der Waals surface area contributed by atoms with Crippen molar-refractivity contribution in [1.29, 1.82) is 0 Å². The predicted molar refractivity (Wildman–Crippen MR) is 213 cm³/mol. The van der Waals surface area contributed by atoms with Crippen LogP contribution in [0.15, 0.2) is 170 Å². The van der Waals surface area contributed by atoms with Crippen molar-refractivity contribution in [2.45, 2.75) is 31.6 Å². The highest BCUT2D eigenvalue weighted by molar-refractivity contribution is 6.12. The molecule has 2 fully saturated rings. The molecule has 0 radical (unpaired) electrons. The van der Waals surface area contributed by atoms with Crippen LogP contribution < -0.4 is 4.90 Å². The molecule has 3 unspecified atom stereocenters. The zero-order valence-corrected chi connectivity index (χ0v) is 28.2. The Morgan fingerprint density at radius 3 is 1.56 bits per heavy atom. The van der Waals surface area contributed by atoms with Crippen LogP contribution in [-0.2, 0) is 0 Å². The fraction of sp³-hybridized carbons (Fsp3) is 0.143. The van der Waals surface area contributed by atoms with E-state index in [9.17, 15) is 0 Å². The zero-order valence-electron chi connectivity index (χ0n) is 28.2. The number of benzene rings is 8. The van der Waals surface area contributed by atoms with Crippen LogP contribution >= 0.6 is 0 Å². The summed E-state index contributed by atoms with van der Waals surface area (Å²) in [6.45, 7) is 0. The Bertz CT molecular complexity index is 2430.